The molecule has 0 fully saturated rings. The third kappa shape index (κ3) is 8.35. The van der Waals surface area contributed by atoms with Gasteiger partial charge < -0.3 is 19.5 Å². The zero-order chi connectivity index (χ0) is 25.8. The molecule has 0 saturated carbocycles. The van der Waals surface area contributed by atoms with Crippen molar-refractivity contribution >= 4 is 11.9 Å². The molecule has 0 amide bonds. The number of carbonyl (C=O) groups is 2. The molecule has 1 aliphatic heterocycles. The second-order valence-corrected chi connectivity index (χ2v) is 8.99. The number of ether oxygens (including phenoxy) is 1. The number of nitrogens with zero attached hydrogens (tertiary/aromatic N) is 1. The quantitative estimate of drug-likeness (QED) is 0.393. The van der Waals surface area contributed by atoms with Gasteiger partial charge in [-0.1, -0.05) is 52.5 Å². The summed E-state index contributed by atoms with van der Waals surface area (Å²) in [6.07, 6.45) is 10.7. The lowest BCUT2D eigenvalue weighted by atomic mass is 9.89. The maximum atomic E-state index is 12.3. The Morgan fingerprint density at radius 2 is 1.66 bits per heavy atom. The summed E-state index contributed by atoms with van der Waals surface area (Å²) in [7, 11) is 0. The van der Waals surface area contributed by atoms with Crippen LogP contribution in [0.4, 0.5) is 0 Å². The topological polar surface area (TPSA) is 106 Å². The minimum atomic E-state index is -1.19. The molecule has 0 saturated heterocycles. The highest BCUT2D eigenvalue weighted by molar-refractivity contribution is 5.87. The number of unbranched alkanes of at least 4 members (excludes halogenated alkanes) is 4. The van der Waals surface area contributed by atoms with Gasteiger partial charge in [0.05, 0.1) is 5.69 Å². The lowest BCUT2D eigenvalue weighted by molar-refractivity contribution is -0.142. The third-order valence-electron chi connectivity index (χ3n) is 6.02. The van der Waals surface area contributed by atoms with E-state index in [0.717, 1.165) is 62.6 Å². The van der Waals surface area contributed by atoms with Crippen LogP contribution in [0.5, 0.6) is 0 Å². The molecule has 3 rings (SSSR count). The van der Waals surface area contributed by atoms with Gasteiger partial charge in [-0.25, -0.2) is 9.59 Å². The highest BCUT2D eigenvalue weighted by atomic mass is 16.5. The maximum absolute atomic E-state index is 12.3. The molecular formula is C28H39NO6. The second kappa shape index (κ2) is 14.5. The van der Waals surface area contributed by atoms with Crippen molar-refractivity contribution in [3.63, 3.8) is 0 Å². The van der Waals surface area contributed by atoms with Gasteiger partial charge in [0.15, 0.2) is 5.43 Å². The Kier molecular flexibility index (Phi) is 11.7. The lowest BCUT2D eigenvalue weighted by Crippen LogP contribution is -2.22. The molecule has 0 radical (unpaired) electrons. The molecule has 1 aromatic carbocycles. The van der Waals surface area contributed by atoms with Gasteiger partial charge in [0, 0.05) is 31.0 Å². The number of fused-ring (bicyclic) bond motifs is 3. The number of aliphatic carboxylic acids is 1. The molecule has 2 heterocycles. The highest BCUT2D eigenvalue weighted by Gasteiger charge is 2.20. The number of aryl methyl sites for hydroxylation is 4. The molecule has 2 aromatic rings. The van der Waals surface area contributed by atoms with Gasteiger partial charge in [-0.3, -0.25) is 4.79 Å². The van der Waals surface area contributed by atoms with Crippen LogP contribution >= 0.6 is 0 Å². The normalized spacial score (nSPS) is 11.7. The Bertz CT molecular complexity index is 1060. The maximum Gasteiger partial charge on any atom is 0.341 e. The van der Waals surface area contributed by atoms with Crippen molar-refractivity contribution in [2.24, 2.45) is 0 Å². The molecule has 2 N–H and O–H groups in total. The van der Waals surface area contributed by atoms with E-state index in [1.807, 2.05) is 4.57 Å². The summed E-state index contributed by atoms with van der Waals surface area (Å²) in [4.78, 5) is 33.9. The summed E-state index contributed by atoms with van der Waals surface area (Å²) in [6.45, 7) is 7.32. The van der Waals surface area contributed by atoms with Gasteiger partial charge >= 0.3 is 11.9 Å². The molecule has 35 heavy (non-hydrogen) atoms. The Morgan fingerprint density at radius 3 is 2.31 bits per heavy atom. The van der Waals surface area contributed by atoms with Gasteiger partial charge in [0.2, 0.25) is 0 Å². The fourth-order valence-corrected chi connectivity index (χ4v) is 4.35. The second-order valence-electron chi connectivity index (χ2n) is 8.99. The number of aromatic carboxylic acids is 1. The van der Waals surface area contributed by atoms with Crippen LogP contribution < -0.4 is 5.43 Å². The fraction of sp³-hybridized carbons (Fsp3) is 0.536. The van der Waals surface area contributed by atoms with E-state index in [2.05, 4.69) is 32.9 Å². The largest absolute Gasteiger partial charge is 0.480 e. The minimum Gasteiger partial charge on any atom is -0.480 e. The Labute approximate surface area is 207 Å². The lowest BCUT2D eigenvalue weighted by Gasteiger charge is -2.24. The van der Waals surface area contributed by atoms with E-state index >= 15 is 0 Å². The van der Waals surface area contributed by atoms with E-state index in [0.29, 0.717) is 13.2 Å². The number of aromatic nitrogens is 1. The van der Waals surface area contributed by atoms with E-state index in [1.54, 1.807) is 0 Å². The van der Waals surface area contributed by atoms with Crippen molar-refractivity contribution in [2.45, 2.75) is 85.1 Å². The monoisotopic (exact) mass is 485 g/mol. The van der Waals surface area contributed by atoms with Crippen LogP contribution in [0.3, 0.4) is 0 Å². The first-order valence-corrected chi connectivity index (χ1v) is 12.7. The molecule has 1 aliphatic rings. The van der Waals surface area contributed by atoms with Crippen LogP contribution in [-0.4, -0.2) is 39.9 Å². The third-order valence-corrected chi connectivity index (χ3v) is 6.02. The van der Waals surface area contributed by atoms with Crippen molar-refractivity contribution in [1.82, 2.24) is 4.57 Å². The molecule has 0 unspecified atom stereocenters. The Balaban J connectivity index is 0.00000137. The van der Waals surface area contributed by atoms with E-state index in [4.69, 9.17) is 9.84 Å². The van der Waals surface area contributed by atoms with Crippen molar-refractivity contribution in [1.29, 1.82) is 0 Å². The number of hydrogen-bond donors (Lipinski definition) is 2. The van der Waals surface area contributed by atoms with Crippen LogP contribution in [0.1, 0.15) is 86.3 Å². The number of hydrogen-bond acceptors (Lipinski definition) is 4. The molecule has 0 bridgehead atoms. The summed E-state index contributed by atoms with van der Waals surface area (Å²) >= 11 is 0. The van der Waals surface area contributed by atoms with Crippen LogP contribution in [0.15, 0.2) is 29.2 Å². The van der Waals surface area contributed by atoms with E-state index in [-0.39, 0.29) is 12.2 Å². The minimum absolute atomic E-state index is 0.182. The Hall–Kier alpha value is -2.93. The average Bonchev–Trinajstić information content (AvgIpc) is 2.82. The van der Waals surface area contributed by atoms with Gasteiger partial charge in [0.25, 0.3) is 0 Å². The predicted octanol–water partition coefficient (Wildman–Crippen LogP) is 5.34. The fourth-order valence-electron chi connectivity index (χ4n) is 4.35. The van der Waals surface area contributed by atoms with Crippen LogP contribution in [0.25, 0.3) is 11.3 Å². The number of carboxylic acids is 2. The summed E-state index contributed by atoms with van der Waals surface area (Å²) < 4.78 is 6.94. The summed E-state index contributed by atoms with van der Waals surface area (Å²) in [5.74, 6) is -2.11. The van der Waals surface area contributed by atoms with Gasteiger partial charge in [0.1, 0.15) is 12.2 Å². The number of carboxylic acid groups (broad SMARTS) is 2. The molecule has 192 valence electrons. The average molecular weight is 486 g/mol. The highest BCUT2D eigenvalue weighted by Crippen LogP contribution is 2.32. The molecule has 7 heteroatoms. The SMILES string of the molecule is CCC.CCc1cc2c(cc1CCCCCCCOCC(=O)O)CCn1cc(C(=O)O)c(=O)cc1-2. The van der Waals surface area contributed by atoms with Gasteiger partial charge in [-0.05, 0) is 54.9 Å². The van der Waals surface area contributed by atoms with Crippen molar-refractivity contribution < 1.29 is 24.5 Å². The number of pyridine rings is 1. The van der Waals surface area contributed by atoms with Crippen LogP contribution in [-0.2, 0) is 35.3 Å². The first-order valence-electron chi connectivity index (χ1n) is 12.7. The first-order chi connectivity index (χ1) is 16.8. The first kappa shape index (κ1) is 28.3. The molecule has 0 aliphatic carbocycles. The summed E-state index contributed by atoms with van der Waals surface area (Å²) in [5, 5.41) is 17.8. The molecule has 7 nitrogen and oxygen atoms in total. The number of rotatable bonds is 12. The standard InChI is InChI=1S/C25H31NO6.C3H8/c1-2-17-13-20-19(9-10-26-15-21(25(30)31)23(27)14-22(20)26)12-18(17)8-6-4-3-5-7-11-32-16-24(28)29;1-3-2/h12-15H,2-11,16H2,1H3,(H,28,29)(H,30,31);3H2,1-2H3. The summed E-state index contributed by atoms with van der Waals surface area (Å²) in [6, 6.07) is 5.91. The van der Waals surface area contributed by atoms with E-state index < -0.39 is 17.4 Å². The molecular weight excluding hydrogens is 446 g/mol. The predicted molar refractivity (Wildman–Crippen MR) is 137 cm³/mol. The van der Waals surface area contributed by atoms with Gasteiger partial charge in [-0.15, -0.1) is 0 Å². The van der Waals surface area contributed by atoms with Crippen molar-refractivity contribution in [3.05, 3.63) is 56.9 Å². The van der Waals surface area contributed by atoms with Crippen LogP contribution in [0.2, 0.25) is 0 Å². The van der Waals surface area contributed by atoms with Gasteiger partial charge in [-0.2, -0.15) is 0 Å². The van der Waals surface area contributed by atoms with Crippen LogP contribution in [0, 0.1) is 0 Å². The number of benzene rings is 1. The van der Waals surface area contributed by atoms with E-state index in [9.17, 15) is 19.5 Å². The zero-order valence-corrected chi connectivity index (χ0v) is 21.3. The van der Waals surface area contributed by atoms with Crippen molar-refractivity contribution in [3.8, 4) is 11.3 Å². The molecule has 0 atom stereocenters. The van der Waals surface area contributed by atoms with E-state index in [1.165, 1.54) is 35.4 Å². The summed E-state index contributed by atoms with van der Waals surface area (Å²) in [5.41, 5.74) is 5.04. The Morgan fingerprint density at radius 1 is 0.971 bits per heavy atom. The zero-order valence-electron chi connectivity index (χ0n) is 21.3. The molecule has 0 spiro atoms. The molecule has 1 aromatic heterocycles. The van der Waals surface area contributed by atoms with Crippen molar-refractivity contribution in [2.75, 3.05) is 13.2 Å². The smallest absolute Gasteiger partial charge is 0.341 e.